The van der Waals surface area contributed by atoms with E-state index in [4.69, 9.17) is 8.83 Å². The van der Waals surface area contributed by atoms with Gasteiger partial charge in [0.1, 0.15) is 11.3 Å². The predicted molar refractivity (Wildman–Crippen MR) is 106 cm³/mol. The highest BCUT2D eigenvalue weighted by molar-refractivity contribution is 7.13. The molecule has 1 aromatic carbocycles. The third kappa shape index (κ3) is 2.87. The summed E-state index contributed by atoms with van der Waals surface area (Å²) < 4.78 is 11.1. The van der Waals surface area contributed by atoms with Crippen LogP contribution in [0, 0.1) is 13.8 Å². The number of hydrogen-bond acceptors (Lipinski definition) is 7. The lowest BCUT2D eigenvalue weighted by atomic mass is 10.1. The second-order valence-electron chi connectivity index (χ2n) is 6.36. The first kappa shape index (κ1) is 18.0. The molecule has 0 aliphatic heterocycles. The molecular weight excluding hydrogens is 380 g/mol. The van der Waals surface area contributed by atoms with Gasteiger partial charge in [0.2, 0.25) is 0 Å². The number of furan rings is 1. The first-order valence-electron chi connectivity index (χ1n) is 8.41. The molecule has 0 aliphatic carbocycles. The molecule has 3 heterocycles. The molecule has 0 saturated carbocycles. The number of anilines is 1. The molecule has 0 bridgehead atoms. The zero-order chi connectivity index (χ0) is 20.0. The van der Waals surface area contributed by atoms with E-state index in [0.29, 0.717) is 33.0 Å². The predicted octanol–water partition coefficient (Wildman–Crippen LogP) is 4.11. The van der Waals surface area contributed by atoms with Crippen molar-refractivity contribution < 1.29 is 18.7 Å². The van der Waals surface area contributed by atoms with Crippen molar-refractivity contribution in [3.63, 3.8) is 0 Å². The van der Waals surface area contributed by atoms with Gasteiger partial charge < -0.3 is 13.9 Å². The van der Waals surface area contributed by atoms with Crippen molar-refractivity contribution in [1.82, 2.24) is 4.98 Å². The molecular formula is C20H16N2O5S. The van der Waals surface area contributed by atoms with E-state index in [-0.39, 0.29) is 23.0 Å². The lowest BCUT2D eigenvalue weighted by Gasteiger charge is -2.13. The molecule has 1 amide bonds. The molecule has 0 radical (unpaired) electrons. The van der Waals surface area contributed by atoms with Gasteiger partial charge in [0.25, 0.3) is 5.91 Å². The Balaban J connectivity index is 1.76. The van der Waals surface area contributed by atoms with Crippen molar-refractivity contribution in [3.05, 3.63) is 63.0 Å². The van der Waals surface area contributed by atoms with Gasteiger partial charge in [-0.1, -0.05) is 0 Å². The number of fused-ring (bicyclic) bond motifs is 1. The Morgan fingerprint density at radius 3 is 2.68 bits per heavy atom. The van der Waals surface area contributed by atoms with Crippen molar-refractivity contribution in [3.8, 4) is 17.3 Å². The van der Waals surface area contributed by atoms with Gasteiger partial charge in [-0.15, -0.1) is 11.3 Å². The first-order chi connectivity index (χ1) is 13.4. The molecule has 0 fully saturated rings. The van der Waals surface area contributed by atoms with Crippen LogP contribution in [-0.4, -0.2) is 23.0 Å². The number of rotatable bonds is 3. The van der Waals surface area contributed by atoms with Gasteiger partial charge in [-0.25, -0.2) is 9.78 Å². The van der Waals surface area contributed by atoms with Crippen LogP contribution in [0.25, 0.3) is 22.5 Å². The van der Waals surface area contributed by atoms with E-state index in [2.05, 4.69) is 4.98 Å². The molecule has 4 rings (SSSR count). The van der Waals surface area contributed by atoms with Gasteiger partial charge in [0.05, 0.1) is 5.56 Å². The van der Waals surface area contributed by atoms with E-state index in [1.54, 1.807) is 49.8 Å². The average molecular weight is 396 g/mol. The molecule has 28 heavy (non-hydrogen) atoms. The van der Waals surface area contributed by atoms with Crippen LogP contribution in [-0.2, 0) is 0 Å². The van der Waals surface area contributed by atoms with Gasteiger partial charge in [-0.3, -0.25) is 9.69 Å². The number of hydrogen-bond donors (Lipinski definition) is 1. The molecule has 3 aromatic heterocycles. The van der Waals surface area contributed by atoms with Crippen LogP contribution in [0.5, 0.6) is 5.75 Å². The quantitative estimate of drug-likeness (QED) is 0.560. The fourth-order valence-corrected chi connectivity index (χ4v) is 3.52. The van der Waals surface area contributed by atoms with E-state index in [1.807, 2.05) is 0 Å². The van der Waals surface area contributed by atoms with Crippen molar-refractivity contribution in [1.29, 1.82) is 0 Å². The minimum Gasteiger partial charge on any atom is -0.507 e. The minimum absolute atomic E-state index is 0.118. The summed E-state index contributed by atoms with van der Waals surface area (Å²) in [4.78, 5) is 30.2. The molecule has 0 saturated heterocycles. The van der Waals surface area contributed by atoms with E-state index >= 15 is 0 Å². The lowest BCUT2D eigenvalue weighted by Crippen LogP contribution is -2.25. The topological polar surface area (TPSA) is 96.8 Å². The molecule has 8 heteroatoms. The third-order valence-electron chi connectivity index (χ3n) is 4.55. The molecule has 4 aromatic rings. The molecule has 0 aliphatic rings. The summed E-state index contributed by atoms with van der Waals surface area (Å²) in [6.07, 6.45) is 1.64. The van der Waals surface area contributed by atoms with Gasteiger partial charge >= 0.3 is 5.63 Å². The van der Waals surface area contributed by atoms with Crippen LogP contribution >= 0.6 is 11.3 Å². The number of thiazole rings is 1. The van der Waals surface area contributed by atoms with Crippen LogP contribution in [0.4, 0.5) is 5.13 Å². The van der Waals surface area contributed by atoms with Crippen LogP contribution in [0.15, 0.2) is 49.5 Å². The fraction of sp³-hybridized carbons (Fsp3) is 0.150. The summed E-state index contributed by atoms with van der Waals surface area (Å²) in [5.74, 6) is 0.151. The summed E-state index contributed by atoms with van der Waals surface area (Å²) in [6.45, 7) is 3.14. The summed E-state index contributed by atoms with van der Waals surface area (Å²) in [7, 11) is 1.67. The Morgan fingerprint density at radius 2 is 1.96 bits per heavy atom. The number of amides is 1. The van der Waals surface area contributed by atoms with Crippen molar-refractivity contribution in [2.24, 2.45) is 0 Å². The zero-order valence-corrected chi connectivity index (χ0v) is 16.2. The fourth-order valence-electron chi connectivity index (χ4n) is 2.92. The third-order valence-corrected chi connectivity index (χ3v) is 5.40. The highest BCUT2D eigenvalue weighted by Gasteiger charge is 2.20. The molecule has 1 N–H and O–H groups in total. The maximum absolute atomic E-state index is 12.7. The summed E-state index contributed by atoms with van der Waals surface area (Å²) in [5.41, 5.74) is 0.943. The number of aromatic nitrogens is 1. The second kappa shape index (κ2) is 6.65. The maximum atomic E-state index is 12.7. The molecule has 0 atom stereocenters. The normalized spacial score (nSPS) is 11.1. The van der Waals surface area contributed by atoms with E-state index < -0.39 is 5.63 Å². The largest absolute Gasteiger partial charge is 0.507 e. The van der Waals surface area contributed by atoms with Crippen molar-refractivity contribution in [2.45, 2.75) is 13.8 Å². The van der Waals surface area contributed by atoms with Crippen LogP contribution in [0.2, 0.25) is 0 Å². The smallest absolute Gasteiger partial charge is 0.343 e. The summed E-state index contributed by atoms with van der Waals surface area (Å²) in [6, 6.07) is 6.73. The summed E-state index contributed by atoms with van der Waals surface area (Å²) in [5, 5.41) is 13.2. The van der Waals surface area contributed by atoms with Crippen molar-refractivity contribution >= 4 is 33.3 Å². The molecule has 0 spiro atoms. The number of benzene rings is 1. The Morgan fingerprint density at radius 1 is 1.18 bits per heavy atom. The number of nitrogens with zero attached hydrogens (tertiary/aromatic N) is 2. The number of aromatic hydroxyl groups is 1. The first-order valence-corrected chi connectivity index (χ1v) is 9.29. The minimum atomic E-state index is -0.625. The Kier molecular flexibility index (Phi) is 4.27. The van der Waals surface area contributed by atoms with Crippen LogP contribution in [0.1, 0.15) is 21.5 Å². The van der Waals surface area contributed by atoms with Crippen LogP contribution < -0.4 is 10.5 Å². The lowest BCUT2D eigenvalue weighted by molar-refractivity contribution is 0.0993. The van der Waals surface area contributed by atoms with Gasteiger partial charge in [0, 0.05) is 35.1 Å². The Bertz CT molecular complexity index is 1250. The number of carbonyl (C=O) groups is 1. The standard InChI is InChI=1S/C20H16N2O5S/c1-10-16(23)11(2)19(25)27-17(10)15-9-13-8-12(4-5-14(13)26-15)18(24)22(3)20-21-6-7-28-20/h4-9,23H,1-3H3. The highest BCUT2D eigenvalue weighted by Crippen LogP contribution is 2.34. The van der Waals surface area contributed by atoms with Gasteiger partial charge in [0.15, 0.2) is 16.7 Å². The van der Waals surface area contributed by atoms with Crippen molar-refractivity contribution in [2.75, 3.05) is 11.9 Å². The zero-order valence-electron chi connectivity index (χ0n) is 15.3. The van der Waals surface area contributed by atoms with E-state index in [0.717, 1.165) is 0 Å². The number of carbonyl (C=O) groups excluding carboxylic acids is 1. The van der Waals surface area contributed by atoms with Crippen LogP contribution in [0.3, 0.4) is 0 Å². The van der Waals surface area contributed by atoms with Gasteiger partial charge in [-0.2, -0.15) is 0 Å². The molecule has 0 unspecified atom stereocenters. The second-order valence-corrected chi connectivity index (χ2v) is 7.23. The Hall–Kier alpha value is -3.39. The highest BCUT2D eigenvalue weighted by atomic mass is 32.1. The molecule has 142 valence electrons. The average Bonchev–Trinajstić information content (AvgIpc) is 3.37. The van der Waals surface area contributed by atoms with E-state index in [1.165, 1.54) is 23.2 Å². The van der Waals surface area contributed by atoms with E-state index in [9.17, 15) is 14.7 Å². The monoisotopic (exact) mass is 396 g/mol. The maximum Gasteiger partial charge on any atom is 0.343 e. The SMILES string of the molecule is Cc1c(-c2cc3cc(C(=O)N(C)c4nccs4)ccc3o2)oc(=O)c(C)c1O. The Labute approximate surface area is 163 Å². The molecule has 7 nitrogen and oxygen atoms in total. The summed E-state index contributed by atoms with van der Waals surface area (Å²) >= 11 is 1.37. The van der Waals surface area contributed by atoms with Gasteiger partial charge in [-0.05, 0) is 38.1 Å².